The van der Waals surface area contributed by atoms with Crippen LogP contribution in [0.15, 0.2) is 34.7 Å². The number of nitrogens with zero attached hydrogens (tertiary/aromatic N) is 5. The smallest absolute Gasteiger partial charge is 0.265 e. The number of hydrogen-bond acceptors (Lipinski definition) is 6. The van der Waals surface area contributed by atoms with Gasteiger partial charge in [-0.25, -0.2) is 0 Å². The largest absolute Gasteiger partial charge is 0.419 e. The lowest BCUT2D eigenvalue weighted by molar-refractivity contribution is -0.116. The van der Waals surface area contributed by atoms with Crippen LogP contribution in [0.3, 0.4) is 0 Å². The predicted molar refractivity (Wildman–Crippen MR) is 94.0 cm³/mol. The maximum Gasteiger partial charge on any atom is 0.265 e. The fourth-order valence-electron chi connectivity index (χ4n) is 2.49. The van der Waals surface area contributed by atoms with Gasteiger partial charge in [0.25, 0.3) is 5.89 Å². The average molecular weight is 350 g/mol. The number of rotatable bonds is 6. The van der Waals surface area contributed by atoms with Crippen molar-refractivity contribution in [1.82, 2.24) is 20.0 Å². The zero-order chi connectivity index (χ0) is 18.5. The molecular weight excluding hydrogens is 332 g/mol. The molecule has 26 heavy (non-hydrogen) atoms. The van der Waals surface area contributed by atoms with Gasteiger partial charge in [-0.05, 0) is 44.2 Å². The van der Waals surface area contributed by atoms with Crippen molar-refractivity contribution in [3.05, 3.63) is 47.5 Å². The van der Waals surface area contributed by atoms with E-state index in [-0.39, 0.29) is 12.3 Å². The zero-order valence-corrected chi connectivity index (χ0v) is 14.6. The first-order valence-corrected chi connectivity index (χ1v) is 8.26. The summed E-state index contributed by atoms with van der Waals surface area (Å²) in [6.07, 6.45) is 0.558. The molecule has 1 amide bonds. The van der Waals surface area contributed by atoms with Crippen LogP contribution >= 0.6 is 0 Å². The van der Waals surface area contributed by atoms with Crippen molar-refractivity contribution in [2.24, 2.45) is 0 Å². The van der Waals surface area contributed by atoms with E-state index in [2.05, 4.69) is 20.6 Å². The molecule has 132 valence electrons. The second kappa shape index (κ2) is 7.61. The summed E-state index contributed by atoms with van der Waals surface area (Å²) in [6, 6.07) is 10.6. The van der Waals surface area contributed by atoms with E-state index < -0.39 is 0 Å². The Balaban J connectivity index is 1.59. The van der Waals surface area contributed by atoms with Crippen LogP contribution < -0.4 is 5.32 Å². The van der Waals surface area contributed by atoms with E-state index in [0.29, 0.717) is 36.0 Å². The number of nitrogens with one attached hydrogen (secondary N) is 1. The molecule has 1 N–H and O–H groups in total. The standard InChI is InChI=1S/C18H18N6O2/c1-3-24-15(10-12(2)23-24)18-22-21-17(26-18)9-8-16(25)20-14-6-4-13(11-19)5-7-14/h4-7,10H,3,8-9H2,1-2H3,(H,20,25). The van der Waals surface area contributed by atoms with Gasteiger partial charge in [0.15, 0.2) is 0 Å². The molecule has 0 aliphatic carbocycles. The number of amides is 1. The van der Waals surface area contributed by atoms with Crippen LogP contribution in [0.5, 0.6) is 0 Å². The fraction of sp³-hybridized carbons (Fsp3) is 0.278. The molecule has 0 saturated heterocycles. The molecule has 2 heterocycles. The Labute approximate surface area is 150 Å². The number of hydrogen-bond donors (Lipinski definition) is 1. The number of aryl methyl sites for hydroxylation is 3. The van der Waals surface area contributed by atoms with Gasteiger partial charge in [-0.2, -0.15) is 10.4 Å². The van der Waals surface area contributed by atoms with Gasteiger partial charge in [-0.3, -0.25) is 9.48 Å². The number of carbonyl (C=O) groups is 1. The SMILES string of the molecule is CCn1nc(C)cc1-c1nnc(CCC(=O)Nc2ccc(C#N)cc2)o1. The monoisotopic (exact) mass is 350 g/mol. The first-order chi connectivity index (χ1) is 12.6. The molecule has 0 atom stereocenters. The Morgan fingerprint density at radius 2 is 2.08 bits per heavy atom. The lowest BCUT2D eigenvalue weighted by Crippen LogP contribution is -2.12. The Morgan fingerprint density at radius 1 is 1.31 bits per heavy atom. The summed E-state index contributed by atoms with van der Waals surface area (Å²) >= 11 is 0. The highest BCUT2D eigenvalue weighted by molar-refractivity contribution is 5.90. The molecule has 2 aromatic heterocycles. The van der Waals surface area contributed by atoms with Crippen molar-refractivity contribution in [3.8, 4) is 17.7 Å². The van der Waals surface area contributed by atoms with Crippen molar-refractivity contribution < 1.29 is 9.21 Å². The van der Waals surface area contributed by atoms with Gasteiger partial charge in [-0.15, -0.1) is 10.2 Å². The van der Waals surface area contributed by atoms with E-state index in [1.807, 2.05) is 26.0 Å². The Hall–Kier alpha value is -3.47. The quantitative estimate of drug-likeness (QED) is 0.732. The lowest BCUT2D eigenvalue weighted by Gasteiger charge is -2.03. The van der Waals surface area contributed by atoms with Crippen LogP contribution in [0.2, 0.25) is 0 Å². The van der Waals surface area contributed by atoms with Crippen LogP contribution in [0.1, 0.15) is 30.5 Å². The zero-order valence-electron chi connectivity index (χ0n) is 14.6. The third-order valence-corrected chi connectivity index (χ3v) is 3.75. The molecule has 0 aliphatic heterocycles. The van der Waals surface area contributed by atoms with Crippen molar-refractivity contribution in [3.63, 3.8) is 0 Å². The number of nitriles is 1. The minimum atomic E-state index is -0.163. The highest BCUT2D eigenvalue weighted by atomic mass is 16.4. The highest BCUT2D eigenvalue weighted by Crippen LogP contribution is 2.19. The highest BCUT2D eigenvalue weighted by Gasteiger charge is 2.15. The van der Waals surface area contributed by atoms with E-state index >= 15 is 0 Å². The molecule has 8 nitrogen and oxygen atoms in total. The predicted octanol–water partition coefficient (Wildman–Crippen LogP) is 2.70. The second-order valence-corrected chi connectivity index (χ2v) is 5.73. The summed E-state index contributed by atoms with van der Waals surface area (Å²) in [6.45, 7) is 4.59. The molecule has 0 fully saturated rings. The molecule has 0 unspecified atom stereocenters. The summed E-state index contributed by atoms with van der Waals surface area (Å²) < 4.78 is 7.45. The van der Waals surface area contributed by atoms with Crippen LogP contribution in [0, 0.1) is 18.3 Å². The Kier molecular flexibility index (Phi) is 5.08. The maximum absolute atomic E-state index is 12.0. The van der Waals surface area contributed by atoms with Crippen LogP contribution in [-0.4, -0.2) is 25.9 Å². The normalized spacial score (nSPS) is 10.5. The lowest BCUT2D eigenvalue weighted by atomic mass is 10.2. The van der Waals surface area contributed by atoms with E-state index in [9.17, 15) is 4.79 Å². The molecule has 0 aliphatic rings. The third kappa shape index (κ3) is 3.95. The van der Waals surface area contributed by atoms with E-state index in [1.165, 1.54) is 0 Å². The molecule has 0 saturated carbocycles. The average Bonchev–Trinajstić information content (AvgIpc) is 3.26. The molecular formula is C18H18N6O2. The molecule has 1 aromatic carbocycles. The Morgan fingerprint density at radius 3 is 2.77 bits per heavy atom. The summed E-state index contributed by atoms with van der Waals surface area (Å²) in [4.78, 5) is 12.0. The molecule has 0 radical (unpaired) electrons. The molecule has 0 spiro atoms. The second-order valence-electron chi connectivity index (χ2n) is 5.73. The number of aromatic nitrogens is 4. The molecule has 8 heteroatoms. The number of carbonyl (C=O) groups excluding carboxylic acids is 1. The first-order valence-electron chi connectivity index (χ1n) is 8.26. The van der Waals surface area contributed by atoms with Gasteiger partial charge in [0, 0.05) is 25.1 Å². The molecule has 3 rings (SSSR count). The summed E-state index contributed by atoms with van der Waals surface area (Å²) in [7, 11) is 0. The van der Waals surface area contributed by atoms with E-state index in [1.54, 1.807) is 28.9 Å². The molecule has 0 bridgehead atoms. The van der Waals surface area contributed by atoms with Gasteiger partial charge in [-0.1, -0.05) is 0 Å². The fourth-order valence-corrected chi connectivity index (χ4v) is 2.49. The minimum absolute atomic E-state index is 0.163. The van der Waals surface area contributed by atoms with Gasteiger partial charge < -0.3 is 9.73 Å². The topological polar surface area (TPSA) is 110 Å². The van der Waals surface area contributed by atoms with Crippen LogP contribution in [0.4, 0.5) is 5.69 Å². The minimum Gasteiger partial charge on any atom is -0.419 e. The number of benzene rings is 1. The van der Waals surface area contributed by atoms with E-state index in [4.69, 9.17) is 9.68 Å². The van der Waals surface area contributed by atoms with Gasteiger partial charge in [0.1, 0.15) is 5.69 Å². The maximum atomic E-state index is 12.0. The Bertz CT molecular complexity index is 949. The van der Waals surface area contributed by atoms with Gasteiger partial charge >= 0.3 is 0 Å². The summed E-state index contributed by atoms with van der Waals surface area (Å²) in [5.41, 5.74) is 2.83. The first kappa shape index (κ1) is 17.4. The van der Waals surface area contributed by atoms with Crippen molar-refractivity contribution in [2.75, 3.05) is 5.32 Å². The van der Waals surface area contributed by atoms with Crippen molar-refractivity contribution >= 4 is 11.6 Å². The van der Waals surface area contributed by atoms with Crippen molar-refractivity contribution in [1.29, 1.82) is 5.26 Å². The third-order valence-electron chi connectivity index (χ3n) is 3.75. The van der Waals surface area contributed by atoms with Crippen molar-refractivity contribution in [2.45, 2.75) is 33.2 Å². The van der Waals surface area contributed by atoms with Gasteiger partial charge in [0.2, 0.25) is 11.8 Å². The summed E-state index contributed by atoms with van der Waals surface area (Å²) in [5, 5.41) is 24.0. The number of anilines is 1. The van der Waals surface area contributed by atoms with Gasteiger partial charge in [0.05, 0.1) is 17.3 Å². The van der Waals surface area contributed by atoms with E-state index in [0.717, 1.165) is 11.4 Å². The van der Waals surface area contributed by atoms with Crippen LogP contribution in [-0.2, 0) is 17.8 Å². The summed E-state index contributed by atoms with van der Waals surface area (Å²) in [5.74, 6) is 0.635. The molecule has 3 aromatic rings. The van der Waals surface area contributed by atoms with Crippen LogP contribution in [0.25, 0.3) is 11.6 Å².